The molecule has 0 saturated carbocycles. The summed E-state index contributed by atoms with van der Waals surface area (Å²) >= 11 is 3.44. The minimum absolute atomic E-state index is 0. The number of rotatable bonds is 8. The molecule has 0 amide bonds. The number of hydrogen-bond donors (Lipinski definition) is 0. The number of hydrogen-bond acceptors (Lipinski definition) is 1. The fourth-order valence-corrected chi connectivity index (χ4v) is 5.13. The van der Waals surface area contributed by atoms with Crippen molar-refractivity contribution in [2.45, 2.75) is 45.3 Å². The van der Waals surface area contributed by atoms with Crippen LogP contribution < -0.4 is 12.4 Å². The number of benzene rings is 1. The zero-order valence-electron chi connectivity index (χ0n) is 11.8. The molecule has 0 bridgehead atoms. The molecule has 1 rings (SSSR count). The summed E-state index contributed by atoms with van der Waals surface area (Å²) in [5.41, 5.74) is 1.20. The molecular weight excluding hydrogens is 344 g/mol. The first-order valence-electron chi connectivity index (χ1n) is 6.81. The van der Waals surface area contributed by atoms with Gasteiger partial charge in [0.15, 0.2) is 0 Å². The van der Waals surface area contributed by atoms with E-state index in [0.29, 0.717) is 0 Å². The molecule has 0 saturated heterocycles. The van der Waals surface area contributed by atoms with E-state index in [0.717, 1.165) is 47.4 Å². The average molecular weight is 368 g/mol. The third-order valence-corrected chi connectivity index (χ3v) is 6.54. The zero-order valence-corrected chi connectivity index (χ0v) is 15.0. The normalized spacial score (nSPS) is 11.1. The van der Waals surface area contributed by atoms with Crippen LogP contribution in [-0.4, -0.2) is 11.5 Å². The van der Waals surface area contributed by atoms with Crippen LogP contribution in [0, 0.1) is 0 Å². The third kappa shape index (κ3) is 7.48. The molecule has 0 fully saturated rings. The summed E-state index contributed by atoms with van der Waals surface area (Å²) in [5, 5.41) is 0. The second kappa shape index (κ2) is 9.95. The van der Waals surface area contributed by atoms with E-state index in [-0.39, 0.29) is 12.4 Å². The molecule has 0 atom stereocenters. The van der Waals surface area contributed by atoms with Gasteiger partial charge in [-0.2, -0.15) is 0 Å². The quantitative estimate of drug-likeness (QED) is 0.643. The number of unbranched alkanes of at least 4 members (excludes halogenated alkanes) is 2. The van der Waals surface area contributed by atoms with Crippen molar-refractivity contribution >= 4 is 25.9 Å². The average Bonchev–Trinajstić information content (AvgIpc) is 2.37. The highest BCUT2D eigenvalue weighted by Crippen LogP contribution is 2.20. The summed E-state index contributed by atoms with van der Waals surface area (Å²) in [6, 6.07) is 8.24. The summed E-state index contributed by atoms with van der Waals surface area (Å²) in [5.74, 6) is 2.53. The molecule has 0 aliphatic rings. The van der Waals surface area contributed by atoms with Crippen molar-refractivity contribution in [2.75, 3.05) is 11.5 Å². The molecule has 19 heavy (non-hydrogen) atoms. The van der Waals surface area contributed by atoms with Gasteiger partial charge in [0.25, 0.3) is 0 Å². The Balaban J connectivity index is 0.00000324. The number of halogens is 2. The van der Waals surface area contributed by atoms with Gasteiger partial charge in [-0.05, 0) is 25.0 Å². The maximum atomic E-state index is 12.9. The van der Waals surface area contributed by atoms with E-state index in [4.69, 9.17) is 0 Å². The highest BCUT2D eigenvalue weighted by atomic mass is 79.9. The lowest BCUT2D eigenvalue weighted by Gasteiger charge is -2.12. The monoisotopic (exact) mass is 366 g/mol. The highest BCUT2D eigenvalue weighted by Gasteiger charge is 2.26. The van der Waals surface area contributed by atoms with Gasteiger partial charge in [-0.1, -0.05) is 54.8 Å². The van der Waals surface area contributed by atoms with E-state index in [1.807, 2.05) is 12.1 Å². The van der Waals surface area contributed by atoms with E-state index >= 15 is 0 Å². The van der Waals surface area contributed by atoms with E-state index < -0.39 is 9.93 Å². The van der Waals surface area contributed by atoms with Gasteiger partial charge >= 0.3 is 0 Å². The van der Waals surface area contributed by atoms with Crippen LogP contribution in [0.2, 0.25) is 0 Å². The summed E-state index contributed by atoms with van der Waals surface area (Å²) in [7, 11) is -1.69. The predicted molar refractivity (Wildman–Crippen MR) is 85.4 cm³/mol. The molecule has 0 spiro atoms. The van der Waals surface area contributed by atoms with Crippen molar-refractivity contribution in [3.63, 3.8) is 0 Å². The highest BCUT2D eigenvalue weighted by molar-refractivity contribution is 9.10. The first-order chi connectivity index (χ1) is 8.59. The van der Waals surface area contributed by atoms with Gasteiger partial charge in [0.05, 0.1) is 9.93 Å². The summed E-state index contributed by atoms with van der Waals surface area (Å²) < 4.78 is 14.0. The molecule has 4 heteroatoms. The Morgan fingerprint density at radius 2 is 1.47 bits per heavy atom. The predicted octanol–water partition coefficient (Wildman–Crippen LogP) is 2.05. The topological polar surface area (TPSA) is 17.1 Å². The zero-order chi connectivity index (χ0) is 13.4. The molecule has 0 aliphatic carbocycles. The maximum Gasteiger partial charge on any atom is 0.137 e. The van der Waals surface area contributed by atoms with Gasteiger partial charge in [-0.15, -0.1) is 4.21 Å². The van der Waals surface area contributed by atoms with E-state index in [9.17, 15) is 4.21 Å². The molecule has 0 unspecified atom stereocenters. The van der Waals surface area contributed by atoms with Crippen LogP contribution in [0.5, 0.6) is 0 Å². The summed E-state index contributed by atoms with van der Waals surface area (Å²) in [4.78, 5) is 0. The molecule has 1 aromatic rings. The molecule has 1 nitrogen and oxygen atoms in total. The maximum absolute atomic E-state index is 12.9. The minimum Gasteiger partial charge on any atom is -1.00 e. The Kier molecular flexibility index (Phi) is 10.0. The van der Waals surface area contributed by atoms with Crippen LogP contribution in [0.3, 0.4) is 0 Å². The Labute approximate surface area is 133 Å². The van der Waals surface area contributed by atoms with Crippen molar-refractivity contribution in [1.29, 1.82) is 0 Å². The first kappa shape index (κ1) is 19.1. The van der Waals surface area contributed by atoms with Gasteiger partial charge in [-0.3, -0.25) is 0 Å². The second-order valence-corrected chi connectivity index (χ2v) is 8.80. The molecule has 1 aromatic carbocycles. The Hall–Kier alpha value is 0.140. The smallest absolute Gasteiger partial charge is 0.137 e. The lowest BCUT2D eigenvalue weighted by molar-refractivity contribution is -0.00000521. The molecule has 0 aliphatic heterocycles. The molecule has 110 valence electrons. The van der Waals surface area contributed by atoms with Crippen molar-refractivity contribution in [3.05, 3.63) is 34.3 Å². The van der Waals surface area contributed by atoms with Gasteiger partial charge in [0.1, 0.15) is 17.3 Å². The Morgan fingerprint density at radius 3 is 1.89 bits per heavy atom. The van der Waals surface area contributed by atoms with E-state index in [1.54, 1.807) is 0 Å². The Morgan fingerprint density at radius 1 is 1.00 bits per heavy atom. The molecule has 0 N–H and O–H groups in total. The molecular formula is C15H24BrClOS. The lowest BCUT2D eigenvalue weighted by atomic mass is 10.2. The standard InChI is InChI=1S/C15H24BrOS.ClH/c1-3-5-11-18(17,12-6-4-2)13-14-7-9-15(16)10-8-14;/h7-10H,3-6,11-13H2,1-2H3;1H/q+1;/p-1. The van der Waals surface area contributed by atoms with Crippen LogP contribution in [0.4, 0.5) is 0 Å². The largest absolute Gasteiger partial charge is 1.00 e. The van der Waals surface area contributed by atoms with Crippen LogP contribution >= 0.6 is 15.9 Å². The van der Waals surface area contributed by atoms with Crippen molar-refractivity contribution in [1.82, 2.24) is 0 Å². The third-order valence-electron chi connectivity index (χ3n) is 3.08. The SMILES string of the molecule is CCCC[S+](=O)(CCCC)Cc1ccc(Br)cc1.[Cl-]. The van der Waals surface area contributed by atoms with Crippen LogP contribution in [0.25, 0.3) is 0 Å². The van der Waals surface area contributed by atoms with Crippen LogP contribution in [0.1, 0.15) is 45.1 Å². The minimum atomic E-state index is -1.69. The van der Waals surface area contributed by atoms with Gasteiger partial charge in [-0.25, -0.2) is 0 Å². The van der Waals surface area contributed by atoms with E-state index in [2.05, 4.69) is 41.9 Å². The second-order valence-electron chi connectivity index (χ2n) is 4.85. The van der Waals surface area contributed by atoms with Gasteiger partial charge < -0.3 is 12.4 Å². The summed E-state index contributed by atoms with van der Waals surface area (Å²) in [6.07, 6.45) is 4.42. The van der Waals surface area contributed by atoms with Crippen LogP contribution in [-0.2, 0) is 19.9 Å². The van der Waals surface area contributed by atoms with Gasteiger partial charge in [0, 0.05) is 10.0 Å². The lowest BCUT2D eigenvalue weighted by Crippen LogP contribution is -3.00. The fraction of sp³-hybridized carbons (Fsp3) is 0.600. The first-order valence-corrected chi connectivity index (χ1v) is 9.67. The summed E-state index contributed by atoms with van der Waals surface area (Å²) in [6.45, 7) is 4.33. The molecule has 0 radical (unpaired) electrons. The molecule has 0 heterocycles. The van der Waals surface area contributed by atoms with Crippen molar-refractivity contribution < 1.29 is 16.6 Å². The van der Waals surface area contributed by atoms with Crippen molar-refractivity contribution in [3.8, 4) is 0 Å². The van der Waals surface area contributed by atoms with Crippen molar-refractivity contribution in [2.24, 2.45) is 0 Å². The Bertz CT molecular complexity index is 380. The van der Waals surface area contributed by atoms with Crippen LogP contribution in [0.15, 0.2) is 28.7 Å². The van der Waals surface area contributed by atoms with Gasteiger partial charge in [0.2, 0.25) is 0 Å². The van der Waals surface area contributed by atoms with E-state index in [1.165, 1.54) is 5.56 Å². The molecule has 0 aromatic heterocycles. The fourth-order valence-electron chi connectivity index (χ4n) is 1.95.